The van der Waals surface area contributed by atoms with Gasteiger partial charge in [0.25, 0.3) is 5.56 Å². The molecule has 0 saturated carbocycles. The standard InChI is InChI=1S/C14H19N3O2S/c1-4-5-9(2)14(19)17(3)8-11-15-10-6-7-20-12(10)13(18)16-11/h6-7,9H,4-5,8H2,1-3H3,(H,15,16,18). The van der Waals surface area contributed by atoms with E-state index >= 15 is 0 Å². The minimum absolute atomic E-state index is 0.00148. The van der Waals surface area contributed by atoms with Crippen LogP contribution in [0.25, 0.3) is 10.2 Å². The van der Waals surface area contributed by atoms with Gasteiger partial charge in [-0.2, -0.15) is 0 Å². The van der Waals surface area contributed by atoms with Crippen molar-refractivity contribution in [2.45, 2.75) is 33.2 Å². The van der Waals surface area contributed by atoms with E-state index in [9.17, 15) is 9.59 Å². The molecule has 1 amide bonds. The Kier molecular flexibility index (Phi) is 4.54. The fourth-order valence-corrected chi connectivity index (χ4v) is 2.96. The zero-order valence-corrected chi connectivity index (χ0v) is 12.8. The summed E-state index contributed by atoms with van der Waals surface area (Å²) in [6.45, 7) is 4.32. The number of aromatic amines is 1. The van der Waals surface area contributed by atoms with Crippen LogP contribution in [0.3, 0.4) is 0 Å². The molecule has 0 spiro atoms. The number of nitrogens with zero attached hydrogens (tertiary/aromatic N) is 2. The number of fused-ring (bicyclic) bond motifs is 1. The molecule has 0 aromatic carbocycles. The summed E-state index contributed by atoms with van der Waals surface area (Å²) in [5.74, 6) is 0.613. The third-order valence-electron chi connectivity index (χ3n) is 3.27. The first-order valence-corrected chi connectivity index (χ1v) is 7.62. The molecule has 20 heavy (non-hydrogen) atoms. The van der Waals surface area contributed by atoms with Gasteiger partial charge in [0.15, 0.2) is 0 Å². The number of amides is 1. The highest BCUT2D eigenvalue weighted by molar-refractivity contribution is 7.17. The van der Waals surface area contributed by atoms with Gasteiger partial charge in [-0.1, -0.05) is 20.3 Å². The number of hydrogen-bond donors (Lipinski definition) is 1. The Morgan fingerprint density at radius 2 is 2.30 bits per heavy atom. The predicted octanol–water partition coefficient (Wildman–Crippen LogP) is 2.38. The van der Waals surface area contributed by atoms with Crippen LogP contribution in [0.1, 0.15) is 32.5 Å². The van der Waals surface area contributed by atoms with E-state index in [0.717, 1.165) is 12.8 Å². The Morgan fingerprint density at radius 3 is 3.00 bits per heavy atom. The molecule has 1 N–H and O–H groups in total. The molecule has 2 heterocycles. The van der Waals surface area contributed by atoms with Gasteiger partial charge in [-0.3, -0.25) is 9.59 Å². The Morgan fingerprint density at radius 1 is 1.55 bits per heavy atom. The summed E-state index contributed by atoms with van der Waals surface area (Å²) in [7, 11) is 1.74. The molecule has 0 radical (unpaired) electrons. The lowest BCUT2D eigenvalue weighted by molar-refractivity contribution is -0.134. The molecule has 1 atom stereocenters. The van der Waals surface area contributed by atoms with Crippen molar-refractivity contribution in [2.24, 2.45) is 5.92 Å². The first-order chi connectivity index (χ1) is 9.52. The van der Waals surface area contributed by atoms with Gasteiger partial charge in [0.2, 0.25) is 5.91 Å². The van der Waals surface area contributed by atoms with Crippen LogP contribution >= 0.6 is 11.3 Å². The lowest BCUT2D eigenvalue weighted by atomic mass is 10.1. The predicted molar refractivity (Wildman–Crippen MR) is 80.8 cm³/mol. The van der Waals surface area contributed by atoms with Crippen molar-refractivity contribution < 1.29 is 4.79 Å². The molecule has 2 rings (SSSR count). The second kappa shape index (κ2) is 6.17. The van der Waals surface area contributed by atoms with Gasteiger partial charge < -0.3 is 9.88 Å². The van der Waals surface area contributed by atoms with Crippen molar-refractivity contribution in [1.82, 2.24) is 14.9 Å². The maximum atomic E-state index is 12.1. The molecule has 1 unspecified atom stereocenters. The van der Waals surface area contributed by atoms with Crippen molar-refractivity contribution in [3.63, 3.8) is 0 Å². The third kappa shape index (κ3) is 3.07. The molecule has 0 aliphatic rings. The molecule has 6 heteroatoms. The summed E-state index contributed by atoms with van der Waals surface area (Å²) in [4.78, 5) is 32.8. The highest BCUT2D eigenvalue weighted by Crippen LogP contribution is 2.15. The lowest BCUT2D eigenvalue weighted by Gasteiger charge is -2.20. The maximum absolute atomic E-state index is 12.1. The number of thiophene rings is 1. The van der Waals surface area contributed by atoms with Crippen LogP contribution in [0.5, 0.6) is 0 Å². The van der Waals surface area contributed by atoms with Gasteiger partial charge in [0.05, 0.1) is 12.1 Å². The monoisotopic (exact) mass is 293 g/mol. The average molecular weight is 293 g/mol. The smallest absolute Gasteiger partial charge is 0.268 e. The van der Waals surface area contributed by atoms with Gasteiger partial charge in [-0.15, -0.1) is 11.3 Å². The number of nitrogens with one attached hydrogen (secondary N) is 1. The molecule has 2 aromatic heterocycles. The van der Waals surface area contributed by atoms with Crippen LogP contribution in [0.15, 0.2) is 16.2 Å². The second-order valence-corrected chi connectivity index (χ2v) is 5.95. The molecule has 0 aliphatic carbocycles. The molecule has 0 aliphatic heterocycles. The Hall–Kier alpha value is -1.69. The second-order valence-electron chi connectivity index (χ2n) is 5.03. The van der Waals surface area contributed by atoms with Crippen molar-refractivity contribution in [3.05, 3.63) is 27.6 Å². The zero-order valence-electron chi connectivity index (χ0n) is 12.0. The van der Waals surface area contributed by atoms with E-state index in [2.05, 4.69) is 16.9 Å². The summed E-state index contributed by atoms with van der Waals surface area (Å²) in [6, 6.07) is 1.82. The highest BCUT2D eigenvalue weighted by atomic mass is 32.1. The fourth-order valence-electron chi connectivity index (χ4n) is 2.23. The van der Waals surface area contributed by atoms with E-state index in [4.69, 9.17) is 0 Å². The van der Waals surface area contributed by atoms with Crippen LogP contribution in [0.4, 0.5) is 0 Å². The summed E-state index contributed by atoms with van der Waals surface area (Å²) in [5, 5.41) is 1.84. The molecular weight excluding hydrogens is 274 g/mol. The number of carbonyl (C=O) groups excluding carboxylic acids is 1. The van der Waals surface area contributed by atoms with Gasteiger partial charge in [-0.25, -0.2) is 4.98 Å². The van der Waals surface area contributed by atoms with Crippen LogP contribution in [0, 0.1) is 5.92 Å². The molecule has 0 fully saturated rings. The van der Waals surface area contributed by atoms with Gasteiger partial charge >= 0.3 is 0 Å². The molecule has 0 bridgehead atoms. The molecule has 2 aromatic rings. The van der Waals surface area contributed by atoms with E-state index in [1.165, 1.54) is 11.3 Å². The lowest BCUT2D eigenvalue weighted by Crippen LogP contribution is -2.32. The number of H-pyrrole nitrogens is 1. The van der Waals surface area contributed by atoms with Crippen LogP contribution in [0.2, 0.25) is 0 Å². The first kappa shape index (κ1) is 14.7. The van der Waals surface area contributed by atoms with Crippen molar-refractivity contribution in [2.75, 3.05) is 7.05 Å². The normalized spacial score (nSPS) is 12.6. The summed E-state index contributed by atoms with van der Waals surface area (Å²) in [5.41, 5.74) is 0.554. The van der Waals surface area contributed by atoms with Crippen LogP contribution in [-0.4, -0.2) is 27.8 Å². The SMILES string of the molecule is CCCC(C)C(=O)N(C)Cc1nc2ccsc2c(=O)[nH]1. The third-order valence-corrected chi connectivity index (χ3v) is 4.17. The van der Waals surface area contributed by atoms with Gasteiger partial charge in [0, 0.05) is 13.0 Å². The Bertz CT molecular complexity index is 662. The number of carbonyl (C=O) groups is 1. The largest absolute Gasteiger partial charge is 0.338 e. The quantitative estimate of drug-likeness (QED) is 0.920. The summed E-state index contributed by atoms with van der Waals surface area (Å²) >= 11 is 1.37. The number of aromatic nitrogens is 2. The van der Waals surface area contributed by atoms with Gasteiger partial charge in [0.1, 0.15) is 10.5 Å². The van der Waals surface area contributed by atoms with Crippen LogP contribution in [-0.2, 0) is 11.3 Å². The van der Waals surface area contributed by atoms with E-state index in [1.807, 2.05) is 18.4 Å². The number of rotatable bonds is 5. The zero-order chi connectivity index (χ0) is 14.7. The van der Waals surface area contributed by atoms with E-state index in [0.29, 0.717) is 22.6 Å². The molecule has 108 valence electrons. The minimum Gasteiger partial charge on any atom is -0.338 e. The first-order valence-electron chi connectivity index (χ1n) is 6.74. The maximum Gasteiger partial charge on any atom is 0.268 e. The fraction of sp³-hybridized carbons (Fsp3) is 0.500. The topological polar surface area (TPSA) is 66.1 Å². The van der Waals surface area contributed by atoms with Crippen LogP contribution < -0.4 is 5.56 Å². The van der Waals surface area contributed by atoms with Gasteiger partial charge in [-0.05, 0) is 17.9 Å². The Balaban J connectivity index is 2.15. The summed E-state index contributed by atoms with van der Waals surface area (Å²) in [6.07, 6.45) is 1.85. The van der Waals surface area contributed by atoms with Crippen molar-refractivity contribution in [3.8, 4) is 0 Å². The van der Waals surface area contributed by atoms with E-state index < -0.39 is 0 Å². The van der Waals surface area contributed by atoms with Crippen molar-refractivity contribution >= 4 is 27.5 Å². The average Bonchev–Trinajstić information content (AvgIpc) is 2.86. The highest BCUT2D eigenvalue weighted by Gasteiger charge is 2.17. The molecule has 5 nitrogen and oxygen atoms in total. The summed E-state index contributed by atoms with van der Waals surface area (Å²) < 4.78 is 0.627. The van der Waals surface area contributed by atoms with E-state index in [1.54, 1.807) is 11.9 Å². The molecular formula is C14H19N3O2S. The van der Waals surface area contributed by atoms with E-state index in [-0.39, 0.29) is 17.4 Å². The van der Waals surface area contributed by atoms with Crippen molar-refractivity contribution in [1.29, 1.82) is 0 Å². The Labute approximate surface area is 121 Å². The molecule has 0 saturated heterocycles. The minimum atomic E-state index is -0.137. The number of hydrogen-bond acceptors (Lipinski definition) is 4.